The smallest absolute Gasteiger partial charge is 0.407 e. The van der Waals surface area contributed by atoms with Crippen molar-refractivity contribution in [3.63, 3.8) is 0 Å². The Labute approximate surface area is 249 Å². The van der Waals surface area contributed by atoms with Gasteiger partial charge in [-0.1, -0.05) is 23.8 Å². The lowest BCUT2D eigenvalue weighted by Gasteiger charge is -2.35. The molecule has 2 N–H and O–H groups in total. The van der Waals surface area contributed by atoms with Crippen molar-refractivity contribution in [3.05, 3.63) is 63.7 Å². The average Bonchev–Trinajstić information content (AvgIpc) is 3.27. The predicted octanol–water partition coefficient (Wildman–Crippen LogP) is 4.25. The van der Waals surface area contributed by atoms with Crippen molar-refractivity contribution in [2.24, 2.45) is 0 Å². The number of carboxylic acids is 1. The summed E-state index contributed by atoms with van der Waals surface area (Å²) >= 11 is 0. The van der Waals surface area contributed by atoms with Crippen LogP contribution < -0.4 is 20.5 Å². The molecule has 12 heteroatoms. The van der Waals surface area contributed by atoms with E-state index in [1.807, 2.05) is 24.8 Å². The highest BCUT2D eigenvalue weighted by molar-refractivity contribution is 6.07. The number of allylic oxidation sites excluding steroid dienone is 2. The minimum absolute atomic E-state index is 0.0435. The van der Waals surface area contributed by atoms with E-state index in [2.05, 4.69) is 10.3 Å². The van der Waals surface area contributed by atoms with E-state index in [-0.39, 0.29) is 41.5 Å². The molecule has 0 bridgehead atoms. The molecule has 1 atom stereocenters. The van der Waals surface area contributed by atoms with Gasteiger partial charge in [0.15, 0.2) is 5.78 Å². The lowest BCUT2D eigenvalue weighted by molar-refractivity contribution is 0.0498. The number of ether oxygens (including phenoxy) is 2. The first-order valence-electron chi connectivity index (χ1n) is 14.2. The number of nitrogens with zero attached hydrogens (tertiary/aromatic N) is 4. The van der Waals surface area contributed by atoms with Crippen molar-refractivity contribution in [3.8, 4) is 5.75 Å². The fraction of sp³-hybridized carbons (Fsp3) is 0.452. The largest absolute Gasteiger partial charge is 0.497 e. The molecule has 0 saturated carbocycles. The summed E-state index contributed by atoms with van der Waals surface area (Å²) in [4.78, 5) is 58.5. The third-order valence-electron chi connectivity index (χ3n) is 7.04. The molecular formula is C31H39N5O7. The zero-order valence-electron chi connectivity index (χ0n) is 25.5. The number of Topliss-reactive ketones (excluding diaryl/α,β-unsaturated/α-hetero) is 1. The molecule has 1 amide bonds. The van der Waals surface area contributed by atoms with Gasteiger partial charge in [0.25, 0.3) is 5.56 Å². The number of ketones is 1. The number of hydrogen-bond acceptors (Lipinski definition) is 8. The van der Waals surface area contributed by atoms with Gasteiger partial charge >= 0.3 is 12.1 Å². The number of anilines is 1. The Kier molecular flexibility index (Phi) is 9.27. The second-order valence-electron chi connectivity index (χ2n) is 11.9. The molecule has 3 aromatic rings. The number of carbonyl (C=O) groups excluding carboxylic acids is 2. The molecule has 43 heavy (non-hydrogen) atoms. The number of aromatic nitrogens is 3. The monoisotopic (exact) mass is 593 g/mol. The third-order valence-corrected chi connectivity index (χ3v) is 7.04. The van der Waals surface area contributed by atoms with Crippen molar-refractivity contribution in [1.82, 2.24) is 19.4 Å². The van der Waals surface area contributed by atoms with Crippen LogP contribution in [-0.4, -0.2) is 68.9 Å². The number of carbonyl (C=O) groups is 3. The maximum absolute atomic E-state index is 13.9. The lowest BCUT2D eigenvalue weighted by Crippen LogP contribution is -2.49. The Morgan fingerprint density at radius 1 is 1.21 bits per heavy atom. The van der Waals surface area contributed by atoms with Gasteiger partial charge < -0.3 is 29.4 Å². The first kappa shape index (κ1) is 31.3. The third kappa shape index (κ3) is 7.25. The Morgan fingerprint density at radius 2 is 1.95 bits per heavy atom. The normalized spacial score (nSPS) is 15.2. The molecule has 2 aromatic heterocycles. The highest BCUT2D eigenvalue weighted by Gasteiger charge is 2.33. The molecule has 0 spiro atoms. The van der Waals surface area contributed by atoms with Gasteiger partial charge in [-0.05, 0) is 59.6 Å². The highest BCUT2D eigenvalue weighted by atomic mass is 16.6. The molecule has 230 valence electrons. The van der Waals surface area contributed by atoms with E-state index in [0.717, 1.165) is 5.57 Å². The molecular weight excluding hydrogens is 554 g/mol. The van der Waals surface area contributed by atoms with Gasteiger partial charge in [-0.25, -0.2) is 14.6 Å². The van der Waals surface area contributed by atoms with Crippen LogP contribution in [0.1, 0.15) is 68.2 Å². The fourth-order valence-electron chi connectivity index (χ4n) is 5.15. The van der Waals surface area contributed by atoms with E-state index in [9.17, 15) is 24.3 Å². The molecule has 1 aliphatic rings. The van der Waals surface area contributed by atoms with Crippen LogP contribution in [0.2, 0.25) is 0 Å². The minimum Gasteiger partial charge on any atom is -0.497 e. The number of alkyl carbamates (subject to hydrolysis) is 1. The fourth-order valence-corrected chi connectivity index (χ4v) is 5.15. The number of piperidine rings is 1. The molecule has 1 fully saturated rings. The van der Waals surface area contributed by atoms with E-state index < -0.39 is 23.2 Å². The van der Waals surface area contributed by atoms with Crippen LogP contribution in [-0.2, 0) is 17.8 Å². The van der Waals surface area contributed by atoms with E-state index >= 15 is 0 Å². The Bertz CT molecular complexity index is 1630. The predicted molar refractivity (Wildman–Crippen MR) is 162 cm³/mol. The summed E-state index contributed by atoms with van der Waals surface area (Å²) in [6.07, 6.45) is 3.92. The summed E-state index contributed by atoms with van der Waals surface area (Å²) in [5.74, 6) is -0.707. The first-order chi connectivity index (χ1) is 20.3. The lowest BCUT2D eigenvalue weighted by atomic mass is 10.1. The number of methoxy groups -OCH3 is 1. The van der Waals surface area contributed by atoms with Crippen LogP contribution in [0.3, 0.4) is 0 Å². The van der Waals surface area contributed by atoms with Crippen LogP contribution in [0.15, 0.2) is 47.0 Å². The molecule has 0 radical (unpaired) electrons. The van der Waals surface area contributed by atoms with Crippen molar-refractivity contribution >= 4 is 34.7 Å². The van der Waals surface area contributed by atoms with Crippen molar-refractivity contribution in [2.45, 2.75) is 72.2 Å². The second-order valence-corrected chi connectivity index (χ2v) is 11.9. The number of fused-ring (bicyclic) bond motifs is 1. The summed E-state index contributed by atoms with van der Waals surface area (Å²) in [5, 5.41) is 13.3. The standard InChI is InChI=1S/C31H39N5O7/c1-19(2)12-14-36-26-25(32-18-35(28(26)38)17-23(37)20-9-7-11-22(15-20)42-6)24(29(39)40)27(36)34-13-8-10-21(16-34)33-30(41)43-31(3,4)5/h7,9,11-12,15,18,21H,8,10,13-14,16-17H2,1-6H3,(H,33,41)(H,39,40)/t21-/m1/s1. The summed E-state index contributed by atoms with van der Waals surface area (Å²) in [7, 11) is 1.50. The van der Waals surface area contributed by atoms with Crippen LogP contribution >= 0.6 is 0 Å². The minimum atomic E-state index is -1.23. The van der Waals surface area contributed by atoms with Gasteiger partial charge in [-0.2, -0.15) is 0 Å². The molecule has 1 saturated heterocycles. The topological polar surface area (TPSA) is 145 Å². The van der Waals surface area contributed by atoms with Crippen LogP contribution in [0, 0.1) is 0 Å². The van der Waals surface area contributed by atoms with Crippen molar-refractivity contribution in [1.29, 1.82) is 0 Å². The van der Waals surface area contributed by atoms with Gasteiger partial charge in [0.05, 0.1) is 20.0 Å². The van der Waals surface area contributed by atoms with E-state index in [4.69, 9.17) is 9.47 Å². The Balaban J connectivity index is 1.78. The molecule has 1 aliphatic heterocycles. The van der Waals surface area contributed by atoms with E-state index in [1.165, 1.54) is 18.0 Å². The number of aromatic carboxylic acids is 1. The summed E-state index contributed by atoms with van der Waals surface area (Å²) in [6, 6.07) is 6.34. The van der Waals surface area contributed by atoms with Gasteiger partial charge in [0.1, 0.15) is 33.8 Å². The molecule has 0 unspecified atom stereocenters. The van der Waals surface area contributed by atoms with Crippen molar-refractivity contribution < 1.29 is 29.0 Å². The first-order valence-corrected chi connectivity index (χ1v) is 14.2. The van der Waals surface area contributed by atoms with Crippen LogP contribution in [0.4, 0.5) is 10.6 Å². The Morgan fingerprint density at radius 3 is 2.60 bits per heavy atom. The number of benzene rings is 1. The Hall–Kier alpha value is -4.61. The second kappa shape index (κ2) is 12.7. The number of amides is 1. The van der Waals surface area contributed by atoms with E-state index in [0.29, 0.717) is 43.1 Å². The maximum atomic E-state index is 13.9. The highest BCUT2D eigenvalue weighted by Crippen LogP contribution is 2.33. The number of carboxylic acid groups (broad SMARTS) is 1. The van der Waals surface area contributed by atoms with Crippen LogP contribution in [0.5, 0.6) is 5.75 Å². The van der Waals surface area contributed by atoms with Crippen LogP contribution in [0.25, 0.3) is 11.0 Å². The maximum Gasteiger partial charge on any atom is 0.407 e. The molecule has 4 rings (SSSR count). The average molecular weight is 594 g/mol. The van der Waals surface area contributed by atoms with E-state index in [1.54, 1.807) is 49.6 Å². The molecule has 0 aliphatic carbocycles. The summed E-state index contributed by atoms with van der Waals surface area (Å²) < 4.78 is 13.5. The molecule has 1 aromatic carbocycles. The van der Waals surface area contributed by atoms with Gasteiger partial charge in [-0.3, -0.25) is 14.2 Å². The van der Waals surface area contributed by atoms with Crippen molar-refractivity contribution in [2.75, 3.05) is 25.1 Å². The van der Waals surface area contributed by atoms with Gasteiger partial charge in [-0.15, -0.1) is 0 Å². The van der Waals surface area contributed by atoms with Gasteiger partial charge in [0, 0.05) is 31.2 Å². The number of nitrogens with one attached hydrogen (secondary N) is 1. The molecule has 12 nitrogen and oxygen atoms in total. The molecule has 3 heterocycles. The summed E-state index contributed by atoms with van der Waals surface area (Å²) in [6.45, 7) is 9.93. The quantitative estimate of drug-likeness (QED) is 0.275. The zero-order valence-corrected chi connectivity index (χ0v) is 25.5. The number of hydrogen-bond donors (Lipinski definition) is 2. The summed E-state index contributed by atoms with van der Waals surface area (Å²) in [5.41, 5.74) is 0.192. The SMILES string of the molecule is COc1cccc(C(=O)Cn2cnc3c(C(=O)O)c(N4CCC[C@@H](NC(=O)OC(C)(C)C)C4)n(CC=C(C)C)c3c2=O)c1. The zero-order chi connectivity index (χ0) is 31.5. The van der Waals surface area contributed by atoms with Gasteiger partial charge in [0.2, 0.25) is 0 Å². The number of rotatable bonds is 9.